The van der Waals surface area contributed by atoms with Crippen molar-refractivity contribution in [2.75, 3.05) is 13.3 Å². The van der Waals surface area contributed by atoms with Gasteiger partial charge in [-0.05, 0) is 53.8 Å². The van der Waals surface area contributed by atoms with Crippen LogP contribution in [0, 0.1) is 6.92 Å². The molecule has 0 N–H and O–H groups in total. The fourth-order valence-electron chi connectivity index (χ4n) is 1.53. The maximum Gasteiger partial charge on any atom is 0.123 e. The molecule has 0 saturated heterocycles. The summed E-state index contributed by atoms with van der Waals surface area (Å²) in [6.07, 6.45) is 0. The van der Waals surface area contributed by atoms with Gasteiger partial charge in [-0.15, -0.1) is 11.3 Å². The van der Waals surface area contributed by atoms with Gasteiger partial charge in [-0.3, -0.25) is 0 Å². The van der Waals surface area contributed by atoms with E-state index in [-0.39, 0.29) is 6.61 Å². The predicted octanol–water partition coefficient (Wildman–Crippen LogP) is 4.07. The van der Waals surface area contributed by atoms with Crippen LogP contribution < -0.4 is 4.74 Å². The summed E-state index contributed by atoms with van der Waals surface area (Å²) in [5, 5.41) is 2.08. The van der Waals surface area contributed by atoms with Gasteiger partial charge in [0.1, 0.15) is 19.0 Å². The molecule has 0 aliphatic carbocycles. The second-order valence-electron chi connectivity index (χ2n) is 3.49. The summed E-state index contributed by atoms with van der Waals surface area (Å²) in [4.78, 5) is 1.28. The Morgan fingerprint density at radius 2 is 1.94 bits per heavy atom. The largest absolute Gasteiger partial charge is 0.491 e. The molecule has 3 heteroatoms. The highest BCUT2D eigenvalue weighted by atomic mass is 32.1. The molecular weight excluding hydrogens is 223 g/mol. The molecule has 0 aliphatic rings. The minimum Gasteiger partial charge on any atom is -0.491 e. The average Bonchev–Trinajstić information content (AvgIpc) is 2.74. The lowest BCUT2D eigenvalue weighted by Gasteiger charge is -2.05. The summed E-state index contributed by atoms with van der Waals surface area (Å²) in [5.41, 5.74) is 2.46. The number of alkyl halides is 1. The molecule has 1 nitrogen and oxygen atoms in total. The van der Waals surface area contributed by atoms with Crippen LogP contribution in [0.3, 0.4) is 0 Å². The zero-order chi connectivity index (χ0) is 11.4. The van der Waals surface area contributed by atoms with E-state index in [0.29, 0.717) is 0 Å². The van der Waals surface area contributed by atoms with Crippen molar-refractivity contribution in [1.82, 2.24) is 0 Å². The van der Waals surface area contributed by atoms with Crippen molar-refractivity contribution in [1.29, 1.82) is 0 Å². The molecule has 0 atom stereocenters. The van der Waals surface area contributed by atoms with Gasteiger partial charge >= 0.3 is 0 Å². The van der Waals surface area contributed by atoms with E-state index in [0.717, 1.165) is 5.75 Å². The predicted molar refractivity (Wildman–Crippen MR) is 66.0 cm³/mol. The normalized spacial score (nSPS) is 10.4. The van der Waals surface area contributed by atoms with Gasteiger partial charge in [-0.2, -0.15) is 0 Å². The van der Waals surface area contributed by atoms with Crippen LogP contribution in [0.1, 0.15) is 5.56 Å². The van der Waals surface area contributed by atoms with Gasteiger partial charge in [0, 0.05) is 4.88 Å². The number of hydrogen-bond acceptors (Lipinski definition) is 2. The molecular formula is C13H13FOS. The van der Waals surface area contributed by atoms with Crippen LogP contribution in [0.2, 0.25) is 0 Å². The first-order valence-corrected chi connectivity index (χ1v) is 6.02. The Kier molecular flexibility index (Phi) is 3.57. The van der Waals surface area contributed by atoms with Crippen LogP contribution >= 0.6 is 11.3 Å². The maximum atomic E-state index is 11.9. The van der Waals surface area contributed by atoms with Gasteiger partial charge in [0.15, 0.2) is 0 Å². The van der Waals surface area contributed by atoms with Crippen LogP contribution in [0.25, 0.3) is 10.4 Å². The highest BCUT2D eigenvalue weighted by molar-refractivity contribution is 7.13. The van der Waals surface area contributed by atoms with Gasteiger partial charge in [0.25, 0.3) is 0 Å². The lowest BCUT2D eigenvalue weighted by atomic mass is 10.1. The number of halogens is 1. The van der Waals surface area contributed by atoms with Crippen LogP contribution in [0.15, 0.2) is 35.7 Å². The maximum absolute atomic E-state index is 11.9. The first-order valence-electron chi connectivity index (χ1n) is 5.14. The van der Waals surface area contributed by atoms with E-state index in [4.69, 9.17) is 4.74 Å². The minimum atomic E-state index is -0.453. The Balaban J connectivity index is 2.16. The second-order valence-corrected chi connectivity index (χ2v) is 4.41. The van der Waals surface area contributed by atoms with Crippen molar-refractivity contribution < 1.29 is 9.13 Å². The molecule has 0 radical (unpaired) electrons. The molecule has 1 aromatic heterocycles. The smallest absolute Gasteiger partial charge is 0.123 e. The topological polar surface area (TPSA) is 9.23 Å². The molecule has 16 heavy (non-hydrogen) atoms. The SMILES string of the molecule is Cc1ccsc1-c1ccc(OCCF)cc1. The van der Waals surface area contributed by atoms with Crippen molar-refractivity contribution in [2.24, 2.45) is 0 Å². The zero-order valence-electron chi connectivity index (χ0n) is 9.07. The second kappa shape index (κ2) is 5.12. The number of thiophene rings is 1. The van der Waals surface area contributed by atoms with Gasteiger partial charge in [0.2, 0.25) is 0 Å². The molecule has 0 bridgehead atoms. The standard InChI is InChI=1S/C13H13FOS/c1-10-6-9-16-13(10)11-2-4-12(5-3-11)15-8-7-14/h2-6,9H,7-8H2,1H3. The summed E-state index contributed by atoms with van der Waals surface area (Å²) < 4.78 is 17.1. The van der Waals surface area contributed by atoms with Gasteiger partial charge in [-0.25, -0.2) is 4.39 Å². The van der Waals surface area contributed by atoms with E-state index in [1.165, 1.54) is 16.0 Å². The molecule has 0 fully saturated rings. The lowest BCUT2D eigenvalue weighted by Crippen LogP contribution is -1.98. The Labute approximate surface area is 98.5 Å². The molecule has 1 aromatic carbocycles. The summed E-state index contributed by atoms with van der Waals surface area (Å²) in [7, 11) is 0. The first-order chi connectivity index (χ1) is 7.81. The van der Waals surface area contributed by atoms with Crippen molar-refractivity contribution in [2.45, 2.75) is 6.92 Å². The number of hydrogen-bond donors (Lipinski definition) is 0. The molecule has 2 rings (SSSR count). The molecule has 2 aromatic rings. The van der Waals surface area contributed by atoms with E-state index in [1.807, 2.05) is 24.3 Å². The van der Waals surface area contributed by atoms with Crippen LogP contribution in [-0.4, -0.2) is 13.3 Å². The van der Waals surface area contributed by atoms with Crippen LogP contribution in [0.4, 0.5) is 4.39 Å². The van der Waals surface area contributed by atoms with E-state index >= 15 is 0 Å². The first kappa shape index (κ1) is 11.1. The third kappa shape index (κ3) is 2.42. The Morgan fingerprint density at radius 1 is 1.19 bits per heavy atom. The molecule has 0 spiro atoms. The lowest BCUT2D eigenvalue weighted by molar-refractivity contribution is 0.273. The molecule has 84 valence electrons. The third-order valence-electron chi connectivity index (χ3n) is 2.32. The van der Waals surface area contributed by atoms with E-state index in [9.17, 15) is 4.39 Å². The van der Waals surface area contributed by atoms with Crippen molar-refractivity contribution in [3.05, 3.63) is 41.3 Å². The summed E-state index contributed by atoms with van der Waals surface area (Å²) in [5.74, 6) is 0.718. The van der Waals surface area contributed by atoms with E-state index in [2.05, 4.69) is 18.4 Å². The average molecular weight is 236 g/mol. The Morgan fingerprint density at radius 3 is 2.50 bits per heavy atom. The van der Waals surface area contributed by atoms with Gasteiger partial charge in [-0.1, -0.05) is 0 Å². The van der Waals surface area contributed by atoms with Crippen molar-refractivity contribution in [3.63, 3.8) is 0 Å². The number of rotatable bonds is 4. The van der Waals surface area contributed by atoms with Crippen molar-refractivity contribution in [3.8, 4) is 16.2 Å². The zero-order valence-corrected chi connectivity index (χ0v) is 9.89. The minimum absolute atomic E-state index is 0.122. The van der Waals surface area contributed by atoms with Gasteiger partial charge in [0.05, 0.1) is 0 Å². The quantitative estimate of drug-likeness (QED) is 0.777. The summed E-state index contributed by atoms with van der Waals surface area (Å²) >= 11 is 1.73. The van der Waals surface area contributed by atoms with Crippen LogP contribution in [0.5, 0.6) is 5.75 Å². The molecule has 0 saturated carbocycles. The number of benzene rings is 1. The fourth-order valence-corrected chi connectivity index (χ4v) is 2.46. The Bertz CT molecular complexity index is 447. The van der Waals surface area contributed by atoms with Crippen LogP contribution in [-0.2, 0) is 0 Å². The molecule has 0 aliphatic heterocycles. The van der Waals surface area contributed by atoms with E-state index in [1.54, 1.807) is 11.3 Å². The summed E-state index contributed by atoms with van der Waals surface area (Å²) in [6.45, 7) is 1.77. The number of ether oxygens (including phenoxy) is 1. The molecule has 0 unspecified atom stereocenters. The molecule has 0 amide bonds. The highest BCUT2D eigenvalue weighted by Crippen LogP contribution is 2.30. The molecule has 1 heterocycles. The number of aryl methyl sites for hydroxylation is 1. The Hall–Kier alpha value is -1.35. The van der Waals surface area contributed by atoms with E-state index < -0.39 is 6.67 Å². The third-order valence-corrected chi connectivity index (χ3v) is 3.39. The van der Waals surface area contributed by atoms with Crippen molar-refractivity contribution >= 4 is 11.3 Å². The monoisotopic (exact) mass is 236 g/mol. The summed E-state index contributed by atoms with van der Waals surface area (Å²) in [6, 6.07) is 9.88. The highest BCUT2D eigenvalue weighted by Gasteiger charge is 2.03. The fraction of sp³-hybridized carbons (Fsp3) is 0.231. The van der Waals surface area contributed by atoms with Gasteiger partial charge < -0.3 is 4.74 Å².